The van der Waals surface area contributed by atoms with Crippen LogP contribution >= 0.6 is 15.6 Å². The molecule has 23 heteroatoms. The molecule has 3 aromatic heterocycles. The number of phosphoric acid groups is 2. The fourth-order valence-corrected chi connectivity index (χ4v) is 7.35. The number of carbonyl (C=O) groups is 1. The van der Waals surface area contributed by atoms with Crippen molar-refractivity contribution < 1.29 is 71.2 Å². The third-order valence-corrected chi connectivity index (χ3v) is 10.0. The van der Waals surface area contributed by atoms with E-state index < -0.39 is 83.5 Å². The number of amides is 1. The van der Waals surface area contributed by atoms with E-state index in [-0.39, 0.29) is 22.5 Å². The van der Waals surface area contributed by atoms with Crippen molar-refractivity contribution in [3.63, 3.8) is 0 Å². The van der Waals surface area contributed by atoms with E-state index >= 15 is 0 Å². The summed E-state index contributed by atoms with van der Waals surface area (Å²) in [6.07, 6.45) is -4.30. The Morgan fingerprint density at radius 2 is 1.84 bits per heavy atom. The highest BCUT2D eigenvalue weighted by Gasteiger charge is 2.98. The lowest BCUT2D eigenvalue weighted by Crippen LogP contribution is -2.56. The standard InChI is InChI=1S/C21H25N7O14P2/c22-16-12-18(25-7-24-16)28(8-26-12)19-14(30)13(29)10(40-19)5-38-43(34,35)41-44(36,37)39-6-11-15(31)21(33)20(42(11)21)27-3-1-2-9(4-27)17(23)32/h1-4,7-8,10-11,13-15,19-20,29-31,33H,5-6H2,(H4-2,22,23,24,25,32,34,35,36,37)/p+2/t10-,11-,13-,14-,15-,19-,20-,21+/m1/s1. The lowest BCUT2D eigenvalue weighted by atomic mass is 10.0. The first-order valence-electron chi connectivity index (χ1n) is 12.7. The minimum atomic E-state index is -5.34. The van der Waals surface area contributed by atoms with Gasteiger partial charge in [0.15, 0.2) is 30.1 Å². The van der Waals surface area contributed by atoms with E-state index in [9.17, 15) is 44.1 Å². The normalized spacial score (nSPS) is 34.2. The van der Waals surface area contributed by atoms with Crippen LogP contribution in [0.15, 0.2) is 37.2 Å². The molecule has 3 aliphatic rings. The molecule has 0 aromatic carbocycles. The van der Waals surface area contributed by atoms with Gasteiger partial charge in [-0.05, 0) is 6.07 Å². The van der Waals surface area contributed by atoms with Crippen LogP contribution in [0.4, 0.5) is 5.82 Å². The van der Waals surface area contributed by atoms with Gasteiger partial charge < -0.3 is 50.8 Å². The maximum absolute atomic E-state index is 12.4. The Labute approximate surface area is 245 Å². The molecule has 3 fully saturated rings. The molecule has 3 saturated heterocycles. The van der Waals surface area contributed by atoms with Crippen LogP contribution in [0.25, 0.3) is 11.2 Å². The fourth-order valence-electron chi connectivity index (χ4n) is 5.26. The molecule has 0 radical (unpaired) electrons. The van der Waals surface area contributed by atoms with Crippen molar-refractivity contribution in [1.82, 2.24) is 19.5 Å². The number of ether oxygens (including phenoxy) is 1. The van der Waals surface area contributed by atoms with Gasteiger partial charge in [-0.1, -0.05) is 0 Å². The topological polar surface area (TPSA) is 312 Å². The first-order valence-corrected chi connectivity index (χ1v) is 15.7. The molecule has 44 heavy (non-hydrogen) atoms. The van der Waals surface area contributed by atoms with Gasteiger partial charge in [0.2, 0.25) is 12.2 Å². The summed E-state index contributed by atoms with van der Waals surface area (Å²) in [7, 11) is -10.7. The molecule has 0 aliphatic carbocycles. The molecular weight excluding hydrogens is 636 g/mol. The number of aromatic nitrogens is 5. The van der Waals surface area contributed by atoms with Crippen LogP contribution in [0.5, 0.6) is 0 Å². The minimum Gasteiger partial charge on any atom is -0.387 e. The van der Waals surface area contributed by atoms with E-state index in [1.54, 1.807) is 0 Å². The van der Waals surface area contributed by atoms with Crippen LogP contribution in [-0.2, 0) is 31.6 Å². The van der Waals surface area contributed by atoms with Crippen LogP contribution in [0, 0.1) is 0 Å². The molecule has 6 heterocycles. The molecule has 10 atom stereocenters. The molecule has 0 bridgehead atoms. The number of aliphatic hydroxyl groups is 4. The van der Waals surface area contributed by atoms with Crippen LogP contribution < -0.4 is 16.0 Å². The SMILES string of the molecule is NC(=O)c1ccc[n+]([C@@H]2[O+]3[C@H](COP(=O)(O)OP(=O)(O)OC[C@H]4O[C@@H](n5cnc6c(N)ncnc65)[C@H](O)[C@@H]4O)[C@@H](O)[C@@]23O)c1. The van der Waals surface area contributed by atoms with Crippen molar-refractivity contribution in [1.29, 1.82) is 0 Å². The Hall–Kier alpha value is -3.01. The highest BCUT2D eigenvalue weighted by atomic mass is 31.3. The lowest BCUT2D eigenvalue weighted by molar-refractivity contribution is -0.728. The molecule has 10 N–H and O–H groups in total. The molecule has 0 saturated carbocycles. The molecule has 6 rings (SSSR count). The average molecular weight is 663 g/mol. The summed E-state index contributed by atoms with van der Waals surface area (Å²) in [6.45, 7) is -1.65. The molecule has 1 amide bonds. The van der Waals surface area contributed by atoms with E-state index in [0.29, 0.717) is 0 Å². The van der Waals surface area contributed by atoms with E-state index in [2.05, 4.69) is 23.6 Å². The number of fused-ring (bicyclic) bond motifs is 2. The number of nitrogens with zero attached hydrogens (tertiary/aromatic N) is 5. The number of rotatable bonds is 11. The van der Waals surface area contributed by atoms with Crippen molar-refractivity contribution in [2.75, 3.05) is 18.9 Å². The highest BCUT2D eigenvalue weighted by Crippen LogP contribution is 2.66. The van der Waals surface area contributed by atoms with Gasteiger partial charge in [-0.3, -0.25) is 18.4 Å². The number of hydrogen-bond donors (Lipinski definition) is 8. The Balaban J connectivity index is 1.03. The number of phosphoric ester groups is 2. The molecule has 3 aliphatic heterocycles. The van der Waals surface area contributed by atoms with Gasteiger partial charge in [0.05, 0.1) is 12.9 Å². The van der Waals surface area contributed by atoms with Crippen molar-refractivity contribution >= 4 is 38.5 Å². The summed E-state index contributed by atoms with van der Waals surface area (Å²) >= 11 is 0. The second-order valence-electron chi connectivity index (χ2n) is 10.1. The van der Waals surface area contributed by atoms with E-state index in [1.807, 2.05) is 0 Å². The number of primary amides is 1. The first-order chi connectivity index (χ1) is 20.6. The Morgan fingerprint density at radius 1 is 1.14 bits per heavy atom. The number of carbonyl (C=O) groups excluding carboxylic acids is 1. The number of anilines is 1. The highest BCUT2D eigenvalue weighted by molar-refractivity contribution is 7.61. The zero-order valence-corrected chi connectivity index (χ0v) is 23.9. The van der Waals surface area contributed by atoms with E-state index in [4.69, 9.17) is 25.3 Å². The van der Waals surface area contributed by atoms with E-state index in [0.717, 1.165) is 6.33 Å². The average Bonchev–Trinajstić information content (AvgIpc) is 3.18. The van der Waals surface area contributed by atoms with Gasteiger partial charge in [0.1, 0.15) is 42.3 Å². The van der Waals surface area contributed by atoms with Gasteiger partial charge >= 0.3 is 27.7 Å². The number of epoxide rings is 1. The second kappa shape index (κ2) is 10.8. The van der Waals surface area contributed by atoms with Crippen molar-refractivity contribution in [3.8, 4) is 0 Å². The van der Waals surface area contributed by atoms with Crippen LogP contribution in [0.3, 0.4) is 0 Å². The molecule has 0 spiro atoms. The van der Waals surface area contributed by atoms with Crippen molar-refractivity contribution in [2.24, 2.45) is 5.73 Å². The number of aliphatic hydroxyl groups excluding tert-OH is 3. The second-order valence-corrected chi connectivity index (χ2v) is 13.1. The smallest absolute Gasteiger partial charge is 0.387 e. The van der Waals surface area contributed by atoms with Crippen LogP contribution in [-0.4, -0.2) is 105 Å². The van der Waals surface area contributed by atoms with Gasteiger partial charge in [0.25, 0.3) is 5.91 Å². The Morgan fingerprint density at radius 3 is 2.55 bits per heavy atom. The number of pyridine rings is 1. The summed E-state index contributed by atoms with van der Waals surface area (Å²) in [4.78, 5) is 43.4. The van der Waals surface area contributed by atoms with E-state index in [1.165, 1.54) is 40.0 Å². The molecule has 238 valence electrons. The monoisotopic (exact) mass is 663 g/mol. The van der Waals surface area contributed by atoms with Crippen molar-refractivity contribution in [2.45, 2.75) is 48.8 Å². The van der Waals surface area contributed by atoms with Gasteiger partial charge in [-0.25, -0.2) is 24.1 Å². The fraction of sp³-hybridized carbons (Fsp3) is 0.476. The summed E-state index contributed by atoms with van der Waals surface area (Å²) < 4.78 is 49.2. The minimum absolute atomic E-state index is 0.0554. The predicted molar refractivity (Wildman–Crippen MR) is 138 cm³/mol. The van der Waals surface area contributed by atoms with Crippen LogP contribution in [0.1, 0.15) is 22.8 Å². The number of nitrogen functional groups attached to an aromatic ring is 1. The number of nitrogens with two attached hydrogens (primary N) is 2. The summed E-state index contributed by atoms with van der Waals surface area (Å²) in [5.41, 5.74) is 11.5. The first kappa shape index (κ1) is 31.0. The lowest BCUT2D eigenvalue weighted by Gasteiger charge is -2.27. The Bertz CT molecular complexity index is 1710. The summed E-state index contributed by atoms with van der Waals surface area (Å²) in [6, 6.07) is 2.92. The van der Waals surface area contributed by atoms with Crippen LogP contribution in [0.2, 0.25) is 0 Å². The summed E-state index contributed by atoms with van der Waals surface area (Å²) in [5.74, 6) is -2.51. The summed E-state index contributed by atoms with van der Waals surface area (Å²) in [5, 5.41) is 42.0. The third-order valence-electron chi connectivity index (χ3n) is 7.40. The predicted octanol–water partition coefficient (Wildman–Crippen LogP) is -3.14. The van der Waals surface area contributed by atoms with Gasteiger partial charge in [-0.15, -0.1) is 4.57 Å². The zero-order valence-electron chi connectivity index (χ0n) is 22.2. The zero-order chi connectivity index (χ0) is 31.8. The molecular formula is C21H27N7O14P2+2. The molecule has 2 unspecified atom stereocenters. The largest absolute Gasteiger partial charge is 0.481 e. The molecule has 3 aromatic rings. The maximum atomic E-state index is 12.4. The number of hydrogen-bond acceptors (Lipinski definition) is 15. The number of imidazole rings is 1. The van der Waals surface area contributed by atoms with Crippen molar-refractivity contribution in [3.05, 3.63) is 42.7 Å². The van der Waals surface area contributed by atoms with Gasteiger partial charge in [-0.2, -0.15) is 4.31 Å². The maximum Gasteiger partial charge on any atom is 0.481 e. The quantitative estimate of drug-likeness (QED) is 0.0435. The Kier molecular flexibility index (Phi) is 7.61. The van der Waals surface area contributed by atoms with Gasteiger partial charge in [0, 0.05) is 6.07 Å². The third kappa shape index (κ3) is 5.20. The molecule has 21 nitrogen and oxygen atoms in total.